The van der Waals surface area contributed by atoms with Crippen LogP contribution < -0.4 is 15.4 Å². The third-order valence-electron chi connectivity index (χ3n) is 3.47. The number of nitrogens with one attached hydrogen (secondary N) is 2. The highest BCUT2D eigenvalue weighted by atomic mass is 16.5. The van der Waals surface area contributed by atoms with Gasteiger partial charge in [0.05, 0.1) is 19.0 Å². The summed E-state index contributed by atoms with van der Waals surface area (Å²) in [6.07, 6.45) is 2.48. The van der Waals surface area contributed by atoms with Crippen LogP contribution in [0, 0.1) is 0 Å². The Bertz CT molecular complexity index is 779. The quantitative estimate of drug-likeness (QED) is 0.696. The predicted octanol–water partition coefficient (Wildman–Crippen LogP) is 3.28. The lowest BCUT2D eigenvalue weighted by Gasteiger charge is -2.10. The summed E-state index contributed by atoms with van der Waals surface area (Å²) in [5.74, 6) is 1.84. The van der Waals surface area contributed by atoms with Crippen LogP contribution in [0.5, 0.6) is 5.75 Å². The summed E-state index contributed by atoms with van der Waals surface area (Å²) in [6, 6.07) is 17.9. The molecule has 6 heteroatoms. The molecule has 0 aliphatic heterocycles. The molecule has 0 saturated carbocycles. The highest BCUT2D eigenvalue weighted by Crippen LogP contribution is 2.25. The van der Waals surface area contributed by atoms with Crippen molar-refractivity contribution in [2.75, 3.05) is 24.3 Å². The number of rotatable bonds is 7. The fourth-order valence-electron chi connectivity index (χ4n) is 2.29. The molecule has 3 rings (SSSR count). The lowest BCUT2D eigenvalue weighted by Crippen LogP contribution is -2.09. The molecule has 24 heavy (non-hydrogen) atoms. The molecule has 2 N–H and O–H groups in total. The van der Waals surface area contributed by atoms with E-state index in [-0.39, 0.29) is 0 Å². The van der Waals surface area contributed by atoms with Crippen LogP contribution in [-0.4, -0.2) is 28.8 Å². The Morgan fingerprint density at radius 1 is 1.00 bits per heavy atom. The lowest BCUT2D eigenvalue weighted by atomic mass is 10.1. The van der Waals surface area contributed by atoms with Crippen molar-refractivity contribution in [2.45, 2.75) is 6.42 Å². The van der Waals surface area contributed by atoms with Gasteiger partial charge in [0, 0.05) is 6.54 Å². The van der Waals surface area contributed by atoms with Crippen molar-refractivity contribution < 1.29 is 4.74 Å². The zero-order chi connectivity index (χ0) is 16.6. The van der Waals surface area contributed by atoms with Gasteiger partial charge in [-0.25, -0.2) is 0 Å². The number of ether oxygens (including phenoxy) is 1. The number of para-hydroxylation sites is 2. The molecule has 0 amide bonds. The number of anilines is 3. The highest BCUT2D eigenvalue weighted by molar-refractivity contribution is 5.63. The summed E-state index contributed by atoms with van der Waals surface area (Å²) in [5.41, 5.74) is 2.09. The van der Waals surface area contributed by atoms with Crippen LogP contribution in [0.4, 0.5) is 17.5 Å². The van der Waals surface area contributed by atoms with Gasteiger partial charge in [-0.05, 0) is 24.1 Å². The number of hydrogen-bond acceptors (Lipinski definition) is 6. The second kappa shape index (κ2) is 7.92. The second-order valence-corrected chi connectivity index (χ2v) is 5.15. The molecule has 0 aliphatic carbocycles. The number of aromatic nitrogens is 3. The van der Waals surface area contributed by atoms with E-state index in [9.17, 15) is 0 Å². The topological polar surface area (TPSA) is 72.0 Å². The van der Waals surface area contributed by atoms with Crippen LogP contribution in [0.1, 0.15) is 5.56 Å². The minimum Gasteiger partial charge on any atom is -0.495 e. The molecule has 0 bridgehead atoms. The first-order valence-electron chi connectivity index (χ1n) is 7.73. The van der Waals surface area contributed by atoms with E-state index in [1.807, 2.05) is 42.5 Å². The maximum Gasteiger partial charge on any atom is 0.244 e. The van der Waals surface area contributed by atoms with E-state index in [0.29, 0.717) is 11.8 Å². The third kappa shape index (κ3) is 4.19. The van der Waals surface area contributed by atoms with E-state index in [4.69, 9.17) is 4.74 Å². The van der Waals surface area contributed by atoms with Gasteiger partial charge in [0.2, 0.25) is 5.95 Å². The Balaban J connectivity index is 1.61. The standard InChI is InChI=1S/C18H19N5O/c1-24-16-10-6-5-9-15(16)21-17-13-20-23-18(22-17)19-12-11-14-7-3-2-4-8-14/h2-10,13H,11-12H2,1H3,(H2,19,21,22,23). The zero-order valence-electron chi connectivity index (χ0n) is 13.4. The van der Waals surface area contributed by atoms with E-state index < -0.39 is 0 Å². The first-order valence-corrected chi connectivity index (χ1v) is 7.73. The molecule has 0 saturated heterocycles. The van der Waals surface area contributed by atoms with Crippen molar-refractivity contribution in [2.24, 2.45) is 0 Å². The Morgan fingerprint density at radius 2 is 1.79 bits per heavy atom. The van der Waals surface area contributed by atoms with Crippen molar-refractivity contribution in [3.05, 3.63) is 66.4 Å². The van der Waals surface area contributed by atoms with Crippen molar-refractivity contribution in [3.8, 4) is 5.75 Å². The SMILES string of the molecule is COc1ccccc1Nc1cnnc(NCCc2ccccc2)n1. The molecule has 0 spiro atoms. The maximum atomic E-state index is 5.32. The normalized spacial score (nSPS) is 10.2. The van der Waals surface area contributed by atoms with Crippen LogP contribution in [0.25, 0.3) is 0 Å². The van der Waals surface area contributed by atoms with E-state index >= 15 is 0 Å². The Labute approximate surface area is 140 Å². The number of hydrogen-bond donors (Lipinski definition) is 2. The number of methoxy groups -OCH3 is 1. The predicted molar refractivity (Wildman–Crippen MR) is 94.7 cm³/mol. The van der Waals surface area contributed by atoms with E-state index in [1.165, 1.54) is 5.56 Å². The van der Waals surface area contributed by atoms with Crippen molar-refractivity contribution in [3.63, 3.8) is 0 Å². The minimum absolute atomic E-state index is 0.492. The van der Waals surface area contributed by atoms with Crippen LogP contribution in [-0.2, 0) is 6.42 Å². The van der Waals surface area contributed by atoms with E-state index in [0.717, 1.165) is 24.4 Å². The molecule has 0 fully saturated rings. The summed E-state index contributed by atoms with van der Waals surface area (Å²) in [6.45, 7) is 0.740. The zero-order valence-corrected chi connectivity index (χ0v) is 13.4. The van der Waals surface area contributed by atoms with Crippen LogP contribution in [0.2, 0.25) is 0 Å². The van der Waals surface area contributed by atoms with E-state index in [2.05, 4.69) is 37.9 Å². The van der Waals surface area contributed by atoms with Gasteiger partial charge in [-0.3, -0.25) is 0 Å². The average Bonchev–Trinajstić information content (AvgIpc) is 2.63. The van der Waals surface area contributed by atoms with Gasteiger partial charge in [-0.2, -0.15) is 10.1 Å². The Hall–Kier alpha value is -3.15. The molecule has 0 aliphatic rings. The molecule has 6 nitrogen and oxygen atoms in total. The van der Waals surface area contributed by atoms with Crippen LogP contribution >= 0.6 is 0 Å². The third-order valence-corrected chi connectivity index (χ3v) is 3.47. The molecular weight excluding hydrogens is 302 g/mol. The highest BCUT2D eigenvalue weighted by Gasteiger charge is 2.05. The number of benzene rings is 2. The molecular formula is C18H19N5O. The summed E-state index contributed by atoms with van der Waals surface area (Å²) in [5, 5.41) is 14.4. The fourth-order valence-corrected chi connectivity index (χ4v) is 2.29. The molecule has 0 radical (unpaired) electrons. The van der Waals surface area contributed by atoms with Crippen molar-refractivity contribution in [1.29, 1.82) is 0 Å². The molecule has 122 valence electrons. The maximum absolute atomic E-state index is 5.32. The summed E-state index contributed by atoms with van der Waals surface area (Å²) < 4.78 is 5.32. The van der Waals surface area contributed by atoms with Crippen molar-refractivity contribution in [1.82, 2.24) is 15.2 Å². The Morgan fingerprint density at radius 3 is 2.62 bits per heavy atom. The summed E-state index contributed by atoms with van der Waals surface area (Å²) in [7, 11) is 1.63. The lowest BCUT2D eigenvalue weighted by molar-refractivity contribution is 0.417. The largest absolute Gasteiger partial charge is 0.495 e. The van der Waals surface area contributed by atoms with Gasteiger partial charge in [0.25, 0.3) is 0 Å². The average molecular weight is 321 g/mol. The van der Waals surface area contributed by atoms with Crippen molar-refractivity contribution >= 4 is 17.5 Å². The molecule has 0 unspecified atom stereocenters. The monoisotopic (exact) mass is 321 g/mol. The van der Waals surface area contributed by atoms with Gasteiger partial charge in [0.1, 0.15) is 5.75 Å². The van der Waals surface area contributed by atoms with Gasteiger partial charge < -0.3 is 15.4 Å². The van der Waals surface area contributed by atoms with Gasteiger partial charge in [-0.15, -0.1) is 5.10 Å². The first kappa shape index (κ1) is 15.7. The smallest absolute Gasteiger partial charge is 0.244 e. The van der Waals surface area contributed by atoms with Crippen LogP contribution in [0.3, 0.4) is 0 Å². The van der Waals surface area contributed by atoms with Gasteiger partial charge in [-0.1, -0.05) is 42.5 Å². The van der Waals surface area contributed by atoms with Gasteiger partial charge >= 0.3 is 0 Å². The molecule has 2 aromatic carbocycles. The minimum atomic E-state index is 0.492. The fraction of sp³-hybridized carbons (Fsp3) is 0.167. The summed E-state index contributed by atoms with van der Waals surface area (Å²) in [4.78, 5) is 4.42. The number of nitrogens with zero attached hydrogens (tertiary/aromatic N) is 3. The molecule has 1 aromatic heterocycles. The van der Waals surface area contributed by atoms with Crippen LogP contribution in [0.15, 0.2) is 60.8 Å². The Kier molecular flexibility index (Phi) is 5.19. The molecule has 3 aromatic rings. The van der Waals surface area contributed by atoms with E-state index in [1.54, 1.807) is 13.3 Å². The second-order valence-electron chi connectivity index (χ2n) is 5.15. The first-order chi connectivity index (χ1) is 11.8. The summed E-state index contributed by atoms with van der Waals surface area (Å²) >= 11 is 0. The molecule has 1 heterocycles. The van der Waals surface area contributed by atoms with Gasteiger partial charge in [0.15, 0.2) is 5.82 Å². The molecule has 0 atom stereocenters.